The van der Waals surface area contributed by atoms with E-state index in [1.165, 1.54) is 4.31 Å². The molecule has 0 heterocycles. The van der Waals surface area contributed by atoms with Crippen molar-refractivity contribution >= 4 is 56.4 Å². The molecule has 0 unspecified atom stereocenters. The van der Waals surface area contributed by atoms with Gasteiger partial charge in [-0.1, -0.05) is 43.1 Å². The number of hydrogen-bond donors (Lipinski definition) is 3. The highest BCUT2D eigenvalue weighted by molar-refractivity contribution is 9.11. The zero-order valence-electron chi connectivity index (χ0n) is 11.5. The highest BCUT2D eigenvalue weighted by Crippen LogP contribution is 2.36. The first-order chi connectivity index (χ1) is 10.5. The van der Waals surface area contributed by atoms with Gasteiger partial charge in [0.15, 0.2) is 0 Å². The number of carbonyl (C=O) groups excluding carboxylic acids is 1. The highest BCUT2D eigenvalue weighted by Gasteiger charge is 2.15. The minimum atomic E-state index is -0.330. The van der Waals surface area contributed by atoms with Crippen LogP contribution >= 0.6 is 44.7 Å². The molecule has 0 bridgehead atoms. The molecule has 0 aromatic heterocycles. The van der Waals surface area contributed by atoms with Crippen LogP contribution in [0.25, 0.3) is 0 Å². The smallest absolute Gasteiger partial charge is 0.331 e. The van der Waals surface area contributed by atoms with E-state index in [0.29, 0.717) is 21.2 Å². The standard InChI is InChI=1S/C15H14Br2N2O2S/c16-12-8-11(9-13(17)14(12)20)19(22)15(21)18-7-6-10-4-2-1-3-5-10/h1-5,8-9,20,22H,6-7H2,(H,18,21). The molecule has 2 aromatic carbocycles. The average Bonchev–Trinajstić information content (AvgIpc) is 2.52. The molecule has 22 heavy (non-hydrogen) atoms. The van der Waals surface area contributed by atoms with E-state index in [1.807, 2.05) is 30.3 Å². The summed E-state index contributed by atoms with van der Waals surface area (Å²) in [4.78, 5) is 12.1. The molecule has 0 aliphatic carbocycles. The van der Waals surface area contributed by atoms with Crippen molar-refractivity contribution in [2.75, 3.05) is 10.8 Å². The molecule has 7 heteroatoms. The first-order valence-electron chi connectivity index (χ1n) is 6.48. The second kappa shape index (κ2) is 7.89. The van der Waals surface area contributed by atoms with Crippen LogP contribution in [0.1, 0.15) is 5.56 Å². The monoisotopic (exact) mass is 444 g/mol. The second-order valence-electron chi connectivity index (χ2n) is 4.54. The van der Waals surface area contributed by atoms with E-state index in [4.69, 9.17) is 0 Å². The summed E-state index contributed by atoms with van der Waals surface area (Å²) in [5.41, 5.74) is 1.70. The third-order valence-corrected chi connectivity index (χ3v) is 4.59. The lowest BCUT2D eigenvalue weighted by atomic mass is 10.1. The number of hydrogen-bond acceptors (Lipinski definition) is 3. The molecule has 0 spiro atoms. The highest BCUT2D eigenvalue weighted by atomic mass is 79.9. The summed E-state index contributed by atoms with van der Waals surface area (Å²) < 4.78 is 2.15. The number of amides is 2. The lowest BCUT2D eigenvalue weighted by molar-refractivity contribution is 0.250. The molecule has 116 valence electrons. The van der Waals surface area contributed by atoms with E-state index >= 15 is 0 Å². The molecule has 0 saturated heterocycles. The molecule has 0 fully saturated rings. The van der Waals surface area contributed by atoms with Crippen molar-refractivity contribution in [1.29, 1.82) is 0 Å². The third-order valence-electron chi connectivity index (χ3n) is 2.97. The molecule has 4 nitrogen and oxygen atoms in total. The van der Waals surface area contributed by atoms with Crippen molar-refractivity contribution in [3.05, 3.63) is 57.0 Å². The summed E-state index contributed by atoms with van der Waals surface area (Å²) in [6, 6.07) is 12.8. The number of phenolic OH excluding ortho intramolecular Hbond substituents is 1. The Labute approximate surface area is 151 Å². The molecular weight excluding hydrogens is 432 g/mol. The minimum absolute atomic E-state index is 0.0787. The summed E-state index contributed by atoms with van der Waals surface area (Å²) in [6.07, 6.45) is 0.747. The summed E-state index contributed by atoms with van der Waals surface area (Å²) in [7, 11) is 0. The zero-order valence-corrected chi connectivity index (χ0v) is 15.5. The average molecular weight is 446 g/mol. The summed E-state index contributed by atoms with van der Waals surface area (Å²) in [5, 5.41) is 12.5. The van der Waals surface area contributed by atoms with Crippen LogP contribution in [0.4, 0.5) is 10.5 Å². The number of rotatable bonds is 4. The van der Waals surface area contributed by atoms with Gasteiger partial charge in [-0.25, -0.2) is 9.10 Å². The van der Waals surface area contributed by atoms with Crippen molar-refractivity contribution in [3.63, 3.8) is 0 Å². The quantitative estimate of drug-likeness (QED) is 0.606. The van der Waals surface area contributed by atoms with Crippen molar-refractivity contribution < 1.29 is 9.90 Å². The van der Waals surface area contributed by atoms with Crippen LogP contribution in [-0.4, -0.2) is 17.7 Å². The number of phenols is 1. The van der Waals surface area contributed by atoms with Crippen molar-refractivity contribution in [3.8, 4) is 5.75 Å². The molecule has 2 amide bonds. The van der Waals surface area contributed by atoms with Gasteiger partial charge in [-0.05, 0) is 56.0 Å². The molecule has 0 aliphatic heterocycles. The van der Waals surface area contributed by atoms with E-state index < -0.39 is 0 Å². The van der Waals surface area contributed by atoms with E-state index in [9.17, 15) is 9.90 Å². The Morgan fingerprint density at radius 2 is 1.77 bits per heavy atom. The van der Waals surface area contributed by atoms with E-state index in [-0.39, 0.29) is 11.8 Å². The van der Waals surface area contributed by atoms with Crippen molar-refractivity contribution in [1.82, 2.24) is 5.32 Å². The Morgan fingerprint density at radius 1 is 1.18 bits per heavy atom. The molecule has 2 N–H and O–H groups in total. The number of nitrogens with one attached hydrogen (secondary N) is 1. The lowest BCUT2D eigenvalue weighted by Crippen LogP contribution is -2.35. The molecule has 2 aromatic rings. The largest absolute Gasteiger partial charge is 0.506 e. The topological polar surface area (TPSA) is 52.6 Å². The number of anilines is 1. The Morgan fingerprint density at radius 3 is 2.36 bits per heavy atom. The number of carbonyl (C=O) groups is 1. The number of halogens is 2. The van der Waals surface area contributed by atoms with Crippen LogP contribution in [0.15, 0.2) is 51.4 Å². The first-order valence-corrected chi connectivity index (χ1v) is 8.46. The van der Waals surface area contributed by atoms with Crippen molar-refractivity contribution in [2.24, 2.45) is 0 Å². The molecule has 0 radical (unpaired) electrons. The van der Waals surface area contributed by atoms with Gasteiger partial charge in [0.1, 0.15) is 5.75 Å². The summed E-state index contributed by atoms with van der Waals surface area (Å²) >= 11 is 10.7. The normalized spacial score (nSPS) is 10.3. The van der Waals surface area contributed by atoms with Crippen molar-refractivity contribution in [2.45, 2.75) is 6.42 Å². The van der Waals surface area contributed by atoms with Crippen LogP contribution in [0, 0.1) is 0 Å². The van der Waals surface area contributed by atoms with Gasteiger partial charge in [-0.3, -0.25) is 0 Å². The number of benzene rings is 2. The maximum Gasteiger partial charge on any atom is 0.331 e. The fourth-order valence-corrected chi connectivity index (χ4v) is 3.17. The van der Waals surface area contributed by atoms with Crippen LogP contribution in [-0.2, 0) is 6.42 Å². The minimum Gasteiger partial charge on any atom is -0.506 e. The maximum atomic E-state index is 12.1. The van der Waals surface area contributed by atoms with Crippen LogP contribution < -0.4 is 9.62 Å². The van der Waals surface area contributed by atoms with E-state index in [2.05, 4.69) is 50.0 Å². The second-order valence-corrected chi connectivity index (χ2v) is 6.65. The lowest BCUT2D eigenvalue weighted by Gasteiger charge is -2.17. The predicted octanol–water partition coefficient (Wildman–Crippen LogP) is 4.52. The number of aromatic hydroxyl groups is 1. The molecule has 2 rings (SSSR count). The maximum absolute atomic E-state index is 12.1. The van der Waals surface area contributed by atoms with Gasteiger partial charge >= 0.3 is 6.03 Å². The van der Waals surface area contributed by atoms with Crippen LogP contribution in [0.5, 0.6) is 5.75 Å². The van der Waals surface area contributed by atoms with E-state index in [0.717, 1.165) is 12.0 Å². The SMILES string of the molecule is O=C(NCCc1ccccc1)N(S)c1cc(Br)c(O)c(Br)c1. The Hall–Kier alpha value is -1.18. The molecular formula is C15H14Br2N2O2S. The van der Waals surface area contributed by atoms with Gasteiger partial charge in [0.05, 0.1) is 14.6 Å². The third kappa shape index (κ3) is 4.41. The summed E-state index contributed by atoms with van der Waals surface area (Å²) in [6.45, 7) is 0.514. The fourth-order valence-electron chi connectivity index (χ4n) is 1.83. The predicted molar refractivity (Wildman–Crippen MR) is 98.5 cm³/mol. The van der Waals surface area contributed by atoms with E-state index in [1.54, 1.807) is 12.1 Å². The van der Waals surface area contributed by atoms with Gasteiger partial charge in [-0.2, -0.15) is 0 Å². The Kier molecular flexibility index (Phi) is 6.16. The molecule has 0 aliphatic rings. The number of urea groups is 1. The van der Waals surface area contributed by atoms with Gasteiger partial charge in [0.25, 0.3) is 0 Å². The van der Waals surface area contributed by atoms with Gasteiger partial charge < -0.3 is 10.4 Å². The fraction of sp³-hybridized carbons (Fsp3) is 0.133. The van der Waals surface area contributed by atoms with Gasteiger partial charge in [-0.15, -0.1) is 0 Å². The van der Waals surface area contributed by atoms with Gasteiger partial charge in [0.2, 0.25) is 0 Å². The number of nitrogens with zero attached hydrogens (tertiary/aromatic N) is 1. The van der Waals surface area contributed by atoms with Crippen LogP contribution in [0.3, 0.4) is 0 Å². The Bertz CT molecular complexity index is 645. The summed E-state index contributed by atoms with van der Waals surface area (Å²) in [5.74, 6) is 0.0787. The van der Waals surface area contributed by atoms with Gasteiger partial charge in [0, 0.05) is 6.54 Å². The molecule has 0 saturated carbocycles. The zero-order chi connectivity index (χ0) is 16.1. The number of thiol groups is 1. The van der Waals surface area contributed by atoms with Crippen LogP contribution in [0.2, 0.25) is 0 Å². The molecule has 0 atom stereocenters. The first kappa shape index (κ1) is 17.2. The Balaban J connectivity index is 1.95.